The number of nitrogens with one attached hydrogen (secondary N) is 2. The van der Waals surface area contributed by atoms with Crippen LogP contribution in [0.1, 0.15) is 22.3 Å². The summed E-state index contributed by atoms with van der Waals surface area (Å²) in [6.45, 7) is 0.282. The van der Waals surface area contributed by atoms with E-state index in [4.69, 9.17) is 0 Å². The van der Waals surface area contributed by atoms with Crippen molar-refractivity contribution in [3.05, 3.63) is 29.3 Å². The number of piperidine rings is 1. The Morgan fingerprint density at radius 3 is 2.76 bits per heavy atom. The molecule has 0 spiro atoms. The largest absolute Gasteiger partial charge is 0.388 e. The summed E-state index contributed by atoms with van der Waals surface area (Å²) in [6.07, 6.45) is -1.34. The van der Waals surface area contributed by atoms with E-state index in [1.54, 1.807) is 19.2 Å². The quantitative estimate of drug-likeness (QED) is 0.635. The summed E-state index contributed by atoms with van der Waals surface area (Å²) in [6, 6.07) is 4.50. The first-order valence-electron chi connectivity index (χ1n) is 6.66. The Balaban J connectivity index is 1.91. The Bertz CT molecular complexity index is 643. The molecule has 2 atom stereocenters. The molecule has 1 saturated heterocycles. The highest BCUT2D eigenvalue weighted by Crippen LogP contribution is 2.31. The number of anilines is 1. The molecule has 3 rings (SSSR count). The molecule has 0 aliphatic carbocycles. The predicted molar refractivity (Wildman–Crippen MR) is 73.4 cm³/mol. The number of hydrogen-bond acceptors (Lipinski definition) is 5. The van der Waals surface area contributed by atoms with Crippen molar-refractivity contribution in [2.75, 3.05) is 12.4 Å². The second-order valence-electron chi connectivity index (χ2n) is 5.14. The molecule has 1 aromatic carbocycles. The van der Waals surface area contributed by atoms with Crippen molar-refractivity contribution in [2.45, 2.75) is 25.1 Å². The van der Waals surface area contributed by atoms with E-state index in [2.05, 4.69) is 10.6 Å². The lowest BCUT2D eigenvalue weighted by atomic mass is 10.0. The average Bonchev–Trinajstić information content (AvgIpc) is 2.80. The zero-order valence-corrected chi connectivity index (χ0v) is 11.4. The number of benzene rings is 1. The van der Waals surface area contributed by atoms with E-state index in [0.717, 1.165) is 11.3 Å². The molecule has 0 aromatic heterocycles. The predicted octanol–water partition coefficient (Wildman–Crippen LogP) is -0.540. The Morgan fingerprint density at radius 2 is 2.05 bits per heavy atom. The van der Waals surface area contributed by atoms with Crippen molar-refractivity contribution in [3.63, 3.8) is 0 Å². The van der Waals surface area contributed by atoms with Crippen LogP contribution >= 0.6 is 0 Å². The fraction of sp³-hybridized carbons (Fsp3) is 0.357. The molecular formula is C14H15N3O4. The molecule has 3 N–H and O–H groups in total. The van der Waals surface area contributed by atoms with Gasteiger partial charge in [0.15, 0.2) is 0 Å². The first kappa shape index (κ1) is 13.6. The molecule has 0 radical (unpaired) electrons. The minimum Gasteiger partial charge on any atom is -0.388 e. The zero-order chi connectivity index (χ0) is 15.1. The summed E-state index contributed by atoms with van der Waals surface area (Å²) in [5, 5.41) is 14.7. The molecule has 2 aliphatic rings. The van der Waals surface area contributed by atoms with Crippen LogP contribution in [-0.4, -0.2) is 46.9 Å². The Kier molecular flexibility index (Phi) is 3.13. The van der Waals surface area contributed by atoms with Crippen LogP contribution in [0.25, 0.3) is 0 Å². The number of rotatable bonds is 2. The van der Waals surface area contributed by atoms with Gasteiger partial charge in [0.1, 0.15) is 12.1 Å². The highest BCUT2D eigenvalue weighted by atomic mass is 16.3. The SMILES string of the molecule is CNc1cccc2c1CN(C1CC(O)C(=O)NC1=O)C2=O. The molecule has 2 heterocycles. The monoisotopic (exact) mass is 289 g/mol. The minimum absolute atomic E-state index is 0.0702. The van der Waals surface area contributed by atoms with Gasteiger partial charge >= 0.3 is 0 Å². The van der Waals surface area contributed by atoms with Gasteiger partial charge < -0.3 is 15.3 Å². The smallest absolute Gasteiger partial charge is 0.255 e. The number of fused-ring (bicyclic) bond motifs is 1. The van der Waals surface area contributed by atoms with Crippen molar-refractivity contribution in [1.29, 1.82) is 0 Å². The Morgan fingerprint density at radius 1 is 1.29 bits per heavy atom. The molecule has 3 amide bonds. The number of hydrogen-bond donors (Lipinski definition) is 3. The maximum absolute atomic E-state index is 12.4. The topological polar surface area (TPSA) is 98.7 Å². The molecule has 2 aliphatic heterocycles. The lowest BCUT2D eigenvalue weighted by Gasteiger charge is -2.31. The summed E-state index contributed by atoms with van der Waals surface area (Å²) < 4.78 is 0. The lowest BCUT2D eigenvalue weighted by Crippen LogP contribution is -2.57. The van der Waals surface area contributed by atoms with E-state index in [-0.39, 0.29) is 18.9 Å². The maximum atomic E-state index is 12.4. The van der Waals surface area contributed by atoms with Crippen LogP contribution in [0.15, 0.2) is 18.2 Å². The number of amides is 3. The van der Waals surface area contributed by atoms with Crippen LogP contribution in [0.2, 0.25) is 0 Å². The summed E-state index contributed by atoms with van der Waals surface area (Å²) in [5.74, 6) is -1.52. The van der Waals surface area contributed by atoms with Gasteiger partial charge in [0, 0.05) is 36.8 Å². The van der Waals surface area contributed by atoms with Gasteiger partial charge in [-0.3, -0.25) is 19.7 Å². The van der Waals surface area contributed by atoms with E-state index in [1.807, 2.05) is 6.07 Å². The number of carbonyl (C=O) groups excluding carboxylic acids is 3. The summed E-state index contributed by atoms with van der Waals surface area (Å²) in [5.41, 5.74) is 2.20. The Labute approximate surface area is 120 Å². The molecule has 7 nitrogen and oxygen atoms in total. The van der Waals surface area contributed by atoms with Crippen molar-refractivity contribution < 1.29 is 19.5 Å². The highest BCUT2D eigenvalue weighted by Gasteiger charge is 2.42. The fourth-order valence-electron chi connectivity index (χ4n) is 2.82. The van der Waals surface area contributed by atoms with E-state index >= 15 is 0 Å². The third kappa shape index (κ3) is 2.06. The van der Waals surface area contributed by atoms with Gasteiger partial charge in [0.25, 0.3) is 11.8 Å². The second kappa shape index (κ2) is 4.85. The van der Waals surface area contributed by atoms with Crippen LogP contribution in [-0.2, 0) is 16.1 Å². The number of aliphatic hydroxyl groups excluding tert-OH is 1. The standard InChI is InChI=1S/C14H15N3O4/c1-15-9-4-2-3-7-8(9)6-17(14(7)21)10-5-11(18)13(20)16-12(10)19/h2-4,10-11,15,18H,5-6H2,1H3,(H,16,19,20). The number of carbonyl (C=O) groups is 3. The fourth-order valence-corrected chi connectivity index (χ4v) is 2.82. The normalized spacial score (nSPS) is 24.9. The molecule has 110 valence electrons. The third-order valence-electron chi connectivity index (χ3n) is 3.94. The molecule has 1 aromatic rings. The molecule has 21 heavy (non-hydrogen) atoms. The summed E-state index contributed by atoms with van der Waals surface area (Å²) in [7, 11) is 1.76. The van der Waals surface area contributed by atoms with Crippen LogP contribution < -0.4 is 10.6 Å². The maximum Gasteiger partial charge on any atom is 0.255 e. The van der Waals surface area contributed by atoms with E-state index in [9.17, 15) is 19.5 Å². The van der Waals surface area contributed by atoms with Crippen molar-refractivity contribution in [3.8, 4) is 0 Å². The van der Waals surface area contributed by atoms with Crippen molar-refractivity contribution >= 4 is 23.4 Å². The molecule has 7 heteroatoms. The molecule has 0 bridgehead atoms. The number of aliphatic hydroxyl groups is 1. The van der Waals surface area contributed by atoms with Crippen molar-refractivity contribution in [1.82, 2.24) is 10.2 Å². The van der Waals surface area contributed by atoms with Crippen LogP contribution in [0, 0.1) is 0 Å². The Hall–Kier alpha value is -2.41. The summed E-state index contributed by atoms with van der Waals surface area (Å²) >= 11 is 0. The first-order valence-corrected chi connectivity index (χ1v) is 6.66. The molecule has 1 fully saturated rings. The highest BCUT2D eigenvalue weighted by molar-refractivity contribution is 6.07. The second-order valence-corrected chi connectivity index (χ2v) is 5.14. The van der Waals surface area contributed by atoms with Gasteiger partial charge in [-0.2, -0.15) is 0 Å². The van der Waals surface area contributed by atoms with Crippen LogP contribution in [0.4, 0.5) is 5.69 Å². The molecule has 0 saturated carbocycles. The van der Waals surface area contributed by atoms with Crippen LogP contribution in [0.3, 0.4) is 0 Å². The third-order valence-corrected chi connectivity index (χ3v) is 3.94. The van der Waals surface area contributed by atoms with E-state index in [0.29, 0.717) is 5.56 Å². The lowest BCUT2D eigenvalue weighted by molar-refractivity contribution is -0.144. The minimum atomic E-state index is -1.27. The van der Waals surface area contributed by atoms with Gasteiger partial charge in [0.2, 0.25) is 5.91 Å². The number of imide groups is 1. The van der Waals surface area contributed by atoms with Crippen molar-refractivity contribution in [2.24, 2.45) is 0 Å². The number of nitrogens with zero attached hydrogens (tertiary/aromatic N) is 1. The van der Waals surface area contributed by atoms with E-state index in [1.165, 1.54) is 4.90 Å². The van der Waals surface area contributed by atoms with Gasteiger partial charge in [-0.05, 0) is 12.1 Å². The molecular weight excluding hydrogens is 274 g/mol. The summed E-state index contributed by atoms with van der Waals surface area (Å²) in [4.78, 5) is 37.1. The van der Waals surface area contributed by atoms with Gasteiger partial charge in [-0.15, -0.1) is 0 Å². The van der Waals surface area contributed by atoms with Gasteiger partial charge in [-0.1, -0.05) is 6.07 Å². The van der Waals surface area contributed by atoms with Gasteiger partial charge in [-0.25, -0.2) is 0 Å². The average molecular weight is 289 g/mol. The van der Waals surface area contributed by atoms with E-state index < -0.39 is 24.0 Å². The zero-order valence-electron chi connectivity index (χ0n) is 11.4. The van der Waals surface area contributed by atoms with Gasteiger partial charge in [0.05, 0.1) is 0 Å². The van der Waals surface area contributed by atoms with Crippen LogP contribution in [0.5, 0.6) is 0 Å². The molecule has 2 unspecified atom stereocenters. The first-order chi connectivity index (χ1) is 10.0.